The fourth-order valence-corrected chi connectivity index (χ4v) is 10.6. The van der Waals surface area contributed by atoms with Crippen LogP contribution in [0.3, 0.4) is 0 Å². The molecule has 22 heteroatoms. The number of nitrogens with one attached hydrogen (secondary N) is 1. The zero-order valence-corrected chi connectivity index (χ0v) is 35.2. The van der Waals surface area contributed by atoms with Crippen molar-refractivity contribution < 1.29 is 58.3 Å². The number of benzene rings is 2. The first-order chi connectivity index (χ1) is 30.0. The molecule has 5 aliphatic heterocycles. The van der Waals surface area contributed by atoms with Gasteiger partial charge in [0, 0.05) is 72.6 Å². The van der Waals surface area contributed by atoms with E-state index in [0.29, 0.717) is 41.7 Å². The predicted molar refractivity (Wildman–Crippen MR) is 220 cm³/mol. The lowest BCUT2D eigenvalue weighted by molar-refractivity contribution is -0.385. The molecule has 0 aliphatic carbocycles. The molecule has 4 fully saturated rings. The second-order valence-electron chi connectivity index (χ2n) is 16.4. The lowest BCUT2D eigenvalue weighted by Gasteiger charge is -2.46. The Bertz CT molecular complexity index is 2200. The summed E-state index contributed by atoms with van der Waals surface area (Å²) in [5.41, 5.74) is 0.566. The molecule has 63 heavy (non-hydrogen) atoms. The van der Waals surface area contributed by atoms with E-state index < -0.39 is 93.1 Å². The SMILES string of the molecule is C[C@@H](O)[C@H]1C(=O)N2C(C(=O)O)=C(S[C@H]3C[C@@H](C(=O)N4CC[C@H](NC(=O)C5CCCCN5C(=O)OCc5ccc([N+](=O)[O-])cc5)C4)N(C(=O)OCc4ccc([N+](=O)[O-])cc4)C3)[C@H](C)[C@H]12. The minimum absolute atomic E-state index is 0.0203. The average Bonchev–Trinajstić information content (AvgIpc) is 3.97. The van der Waals surface area contributed by atoms with E-state index in [9.17, 15) is 59.2 Å². The maximum atomic E-state index is 14.3. The number of carboxylic acids is 1. The van der Waals surface area contributed by atoms with E-state index in [1.165, 1.54) is 86.8 Å². The third-order valence-electron chi connectivity index (χ3n) is 12.3. The number of aliphatic carboxylic acids is 1. The Kier molecular flexibility index (Phi) is 13.2. The number of nitro groups is 2. The summed E-state index contributed by atoms with van der Waals surface area (Å²) >= 11 is 1.17. The van der Waals surface area contributed by atoms with Crippen LogP contribution in [0.2, 0.25) is 0 Å². The van der Waals surface area contributed by atoms with Gasteiger partial charge < -0.3 is 34.8 Å². The van der Waals surface area contributed by atoms with Gasteiger partial charge in [0.15, 0.2) is 0 Å². The van der Waals surface area contributed by atoms with Gasteiger partial charge in [0.2, 0.25) is 17.7 Å². The third-order valence-corrected chi connectivity index (χ3v) is 13.8. The number of aliphatic hydroxyl groups is 1. The molecular formula is C41H47N7O14S. The fraction of sp³-hybridized carbons (Fsp3) is 0.512. The van der Waals surface area contributed by atoms with Crippen LogP contribution in [0.1, 0.15) is 57.1 Å². The molecule has 2 aromatic rings. The van der Waals surface area contributed by atoms with E-state index in [-0.39, 0.29) is 62.9 Å². The van der Waals surface area contributed by atoms with Gasteiger partial charge >= 0.3 is 18.2 Å². The summed E-state index contributed by atoms with van der Waals surface area (Å²) in [5, 5.41) is 45.1. The number of ether oxygens (including phenoxy) is 2. The first-order valence-electron chi connectivity index (χ1n) is 20.6. The van der Waals surface area contributed by atoms with Crippen molar-refractivity contribution in [1.82, 2.24) is 24.9 Å². The number of fused-ring (bicyclic) bond motifs is 1. The molecule has 0 radical (unpaired) electrons. The van der Waals surface area contributed by atoms with Crippen LogP contribution in [0.5, 0.6) is 0 Å². The zero-order valence-electron chi connectivity index (χ0n) is 34.4. The maximum Gasteiger partial charge on any atom is 0.410 e. The summed E-state index contributed by atoms with van der Waals surface area (Å²) in [4.78, 5) is 107. The van der Waals surface area contributed by atoms with Gasteiger partial charge in [0.1, 0.15) is 31.0 Å². The van der Waals surface area contributed by atoms with Crippen LogP contribution in [0.15, 0.2) is 59.1 Å². The largest absolute Gasteiger partial charge is 0.477 e. The van der Waals surface area contributed by atoms with Crippen LogP contribution in [0.25, 0.3) is 0 Å². The lowest BCUT2D eigenvalue weighted by atomic mass is 9.79. The van der Waals surface area contributed by atoms with Crippen LogP contribution in [0.4, 0.5) is 21.0 Å². The van der Waals surface area contributed by atoms with Crippen LogP contribution in [-0.4, -0.2) is 137 Å². The predicted octanol–water partition coefficient (Wildman–Crippen LogP) is 3.38. The molecule has 0 aromatic heterocycles. The standard InChI is InChI=1S/C41H47N7O14S/c1-22-33-32(23(2)49)38(52)46(33)34(39(53)54)35(22)63-29-17-31(45(19-29)41(56)62-21-25-8-12-28(13-9-25)48(59)60)37(51)43-16-14-26(18-43)42-36(50)30-5-3-4-15-44(30)40(55)61-20-24-6-10-27(11-7-24)47(57)58/h6-13,22-23,26,29-33,49H,3-5,14-21H2,1-2H3,(H,42,50)(H,53,54)/t22-,23-,26+,29+,30?,31+,32-,33-/m1/s1. The Balaban J connectivity index is 1.01. The summed E-state index contributed by atoms with van der Waals surface area (Å²) in [7, 11) is 0. The fourth-order valence-electron chi connectivity index (χ4n) is 9.07. The van der Waals surface area contributed by atoms with E-state index in [1.54, 1.807) is 6.92 Å². The summed E-state index contributed by atoms with van der Waals surface area (Å²) in [5.74, 6) is -3.85. The smallest absolute Gasteiger partial charge is 0.410 e. The Hall–Kier alpha value is -6.29. The first-order valence-corrected chi connectivity index (χ1v) is 21.5. The van der Waals surface area contributed by atoms with E-state index in [1.807, 2.05) is 0 Å². The summed E-state index contributed by atoms with van der Waals surface area (Å²) in [6.07, 6.45) is -0.324. The van der Waals surface area contributed by atoms with E-state index in [4.69, 9.17) is 9.47 Å². The van der Waals surface area contributed by atoms with Crippen molar-refractivity contribution in [2.45, 2.75) is 94.7 Å². The Morgan fingerprint density at radius 2 is 1.44 bits per heavy atom. The van der Waals surface area contributed by atoms with Gasteiger partial charge in [-0.25, -0.2) is 14.4 Å². The second-order valence-corrected chi connectivity index (χ2v) is 17.7. The number of hydrogen-bond donors (Lipinski definition) is 3. The number of amides is 5. The van der Waals surface area contributed by atoms with Crippen molar-refractivity contribution in [3.8, 4) is 0 Å². The van der Waals surface area contributed by atoms with Crippen molar-refractivity contribution >= 4 is 59.0 Å². The number of thioether (sulfide) groups is 1. The number of nitrogens with zero attached hydrogens (tertiary/aromatic N) is 6. The van der Waals surface area contributed by atoms with Crippen molar-refractivity contribution in [2.75, 3.05) is 26.2 Å². The minimum Gasteiger partial charge on any atom is -0.477 e. The van der Waals surface area contributed by atoms with E-state index in [0.717, 1.165) is 0 Å². The van der Waals surface area contributed by atoms with Crippen LogP contribution in [-0.2, 0) is 41.9 Å². The number of non-ortho nitro benzene ring substituents is 2. The number of rotatable bonds is 13. The molecule has 7 rings (SSSR count). The zero-order chi connectivity index (χ0) is 45.3. The number of carbonyl (C=O) groups excluding carboxylic acids is 5. The highest BCUT2D eigenvalue weighted by molar-refractivity contribution is 8.03. The Labute approximate surface area is 364 Å². The number of piperidine rings is 1. The molecule has 5 amide bonds. The quantitative estimate of drug-likeness (QED) is 0.148. The van der Waals surface area contributed by atoms with E-state index in [2.05, 4.69) is 5.32 Å². The van der Waals surface area contributed by atoms with Gasteiger partial charge in [-0.05, 0) is 74.4 Å². The number of β-lactam (4-membered cyclic amide) rings is 1. The highest BCUT2D eigenvalue weighted by Gasteiger charge is 2.60. The van der Waals surface area contributed by atoms with Crippen molar-refractivity contribution in [1.29, 1.82) is 0 Å². The van der Waals surface area contributed by atoms with Crippen molar-refractivity contribution in [3.05, 3.63) is 90.5 Å². The van der Waals surface area contributed by atoms with Gasteiger partial charge in [-0.1, -0.05) is 6.92 Å². The second kappa shape index (κ2) is 18.6. The van der Waals surface area contributed by atoms with E-state index >= 15 is 0 Å². The Morgan fingerprint density at radius 3 is 2.00 bits per heavy atom. The normalized spacial score (nSPS) is 25.9. The lowest BCUT2D eigenvalue weighted by Crippen LogP contribution is -2.63. The minimum atomic E-state index is -1.31. The maximum absolute atomic E-state index is 14.3. The molecule has 3 N–H and O–H groups in total. The Morgan fingerprint density at radius 1 is 0.857 bits per heavy atom. The topological polar surface area (TPSA) is 273 Å². The van der Waals surface area contributed by atoms with Gasteiger partial charge in [-0.2, -0.15) is 0 Å². The highest BCUT2D eigenvalue weighted by Crippen LogP contribution is 2.52. The van der Waals surface area contributed by atoms with Crippen LogP contribution >= 0.6 is 11.8 Å². The number of carbonyl (C=O) groups is 6. The summed E-state index contributed by atoms with van der Waals surface area (Å²) in [6.45, 7) is 3.46. The van der Waals surface area contributed by atoms with Gasteiger partial charge in [-0.3, -0.25) is 44.4 Å². The van der Waals surface area contributed by atoms with Crippen molar-refractivity contribution in [2.24, 2.45) is 11.8 Å². The molecule has 0 saturated carbocycles. The molecule has 21 nitrogen and oxygen atoms in total. The first kappa shape index (κ1) is 44.8. The summed E-state index contributed by atoms with van der Waals surface area (Å²) in [6, 6.07) is 8.09. The molecule has 8 atom stereocenters. The molecule has 0 spiro atoms. The number of hydrogen-bond acceptors (Lipinski definition) is 14. The molecule has 5 aliphatic rings. The summed E-state index contributed by atoms with van der Waals surface area (Å²) < 4.78 is 11.1. The van der Waals surface area contributed by atoms with Crippen LogP contribution in [0, 0.1) is 32.1 Å². The molecule has 336 valence electrons. The molecule has 1 unspecified atom stereocenters. The molecule has 0 bridgehead atoms. The average molecular weight is 894 g/mol. The van der Waals surface area contributed by atoms with Gasteiger partial charge in [0.05, 0.1) is 27.9 Å². The third kappa shape index (κ3) is 9.26. The number of likely N-dealkylation sites (tertiary alicyclic amines) is 3. The molecule has 5 heterocycles. The van der Waals surface area contributed by atoms with Crippen LogP contribution < -0.4 is 5.32 Å². The number of aliphatic hydroxyl groups excluding tert-OH is 1. The van der Waals surface area contributed by atoms with Gasteiger partial charge in [0.25, 0.3) is 11.4 Å². The van der Waals surface area contributed by atoms with Gasteiger partial charge in [-0.15, -0.1) is 11.8 Å². The number of nitro benzene ring substituents is 2. The molecular weight excluding hydrogens is 847 g/mol. The number of carboxylic acid groups (broad SMARTS) is 1. The molecule has 4 saturated heterocycles. The monoisotopic (exact) mass is 893 g/mol. The highest BCUT2D eigenvalue weighted by atomic mass is 32.2. The molecule has 2 aromatic carbocycles. The van der Waals surface area contributed by atoms with Crippen molar-refractivity contribution in [3.63, 3.8) is 0 Å².